The predicted octanol–water partition coefficient (Wildman–Crippen LogP) is 11.6. The average Bonchev–Trinajstić information content (AvgIpc) is 3.66. The molecule has 0 unspecified atom stereocenters. The molecule has 9 heteroatoms. The van der Waals surface area contributed by atoms with Gasteiger partial charge in [-0.25, -0.2) is 13.2 Å². The second-order valence-corrected chi connectivity index (χ2v) is 14.2. The summed E-state index contributed by atoms with van der Waals surface area (Å²) in [4.78, 5) is 2.37. The van der Waals surface area contributed by atoms with E-state index in [9.17, 15) is 8.78 Å². The molecule has 2 aromatic carbocycles. The highest BCUT2D eigenvalue weighted by molar-refractivity contribution is 7.37. The molecule has 0 aliphatic rings. The van der Waals surface area contributed by atoms with E-state index in [1.165, 1.54) is 60.9 Å². The van der Waals surface area contributed by atoms with E-state index in [-0.39, 0.29) is 17.5 Å². The molecule has 6 aromatic heterocycles. The van der Waals surface area contributed by atoms with Gasteiger partial charge in [0, 0.05) is 39.8 Å². The number of rotatable bonds is 2. The average molecular weight is 571 g/mol. The Labute approximate surface area is 219 Å². The Kier molecular flexibility index (Phi) is 4.40. The van der Waals surface area contributed by atoms with Crippen molar-refractivity contribution >= 4 is 118 Å². The van der Waals surface area contributed by atoms with Gasteiger partial charge in [-0.15, -0.1) is 68.0 Å². The van der Waals surface area contributed by atoms with E-state index < -0.39 is 0 Å². The van der Waals surface area contributed by atoms with Crippen LogP contribution in [-0.4, -0.2) is 0 Å². The maximum atomic E-state index is 15.4. The Morgan fingerprint density at radius 3 is 1.83 bits per heavy atom. The van der Waals surface area contributed by atoms with E-state index >= 15 is 4.39 Å². The lowest BCUT2D eigenvalue weighted by Gasteiger charge is -1.94. The van der Waals surface area contributed by atoms with Crippen LogP contribution >= 0.6 is 68.0 Å². The van der Waals surface area contributed by atoms with Crippen molar-refractivity contribution < 1.29 is 13.2 Å². The third-order valence-corrected chi connectivity index (χ3v) is 13.0. The molecule has 6 heterocycles. The predicted molar refractivity (Wildman–Crippen MR) is 152 cm³/mol. The molecule has 0 spiro atoms. The Morgan fingerprint density at radius 1 is 0.514 bits per heavy atom. The maximum absolute atomic E-state index is 15.4. The summed E-state index contributed by atoms with van der Waals surface area (Å²) in [7, 11) is 0. The van der Waals surface area contributed by atoms with Crippen LogP contribution in [0.4, 0.5) is 13.2 Å². The first-order valence-electron chi connectivity index (χ1n) is 10.5. The zero-order valence-corrected chi connectivity index (χ0v) is 22.2. The van der Waals surface area contributed by atoms with Crippen LogP contribution in [0.2, 0.25) is 0 Å². The molecule has 0 amide bonds. The van der Waals surface area contributed by atoms with E-state index in [0.29, 0.717) is 20.0 Å². The molecule has 0 aliphatic carbocycles. The van der Waals surface area contributed by atoms with E-state index in [1.54, 1.807) is 44.8 Å². The summed E-state index contributed by atoms with van der Waals surface area (Å²) in [5.74, 6) is -0.894. The smallest absolute Gasteiger partial charge is 0.150 e. The van der Waals surface area contributed by atoms with Gasteiger partial charge in [-0.05, 0) is 58.6 Å². The van der Waals surface area contributed by atoms with E-state index in [1.807, 2.05) is 12.1 Å². The van der Waals surface area contributed by atoms with E-state index in [4.69, 9.17) is 0 Å². The zero-order valence-electron chi connectivity index (χ0n) is 17.3. The SMILES string of the molecule is Fc1ccsc1-c1cc2cc3c(cc2s1)sc1c2cc4c(F)c(-c5sccc5F)sc4cc2sc31. The zero-order chi connectivity index (χ0) is 23.4. The van der Waals surface area contributed by atoms with Crippen LogP contribution in [0.15, 0.2) is 53.2 Å². The van der Waals surface area contributed by atoms with Gasteiger partial charge in [0.15, 0.2) is 5.82 Å². The molecule has 0 atom stereocenters. The fourth-order valence-corrected chi connectivity index (χ4v) is 11.4. The van der Waals surface area contributed by atoms with Crippen molar-refractivity contribution in [1.82, 2.24) is 0 Å². The van der Waals surface area contributed by atoms with Crippen LogP contribution in [0.3, 0.4) is 0 Å². The topological polar surface area (TPSA) is 0 Å². The van der Waals surface area contributed by atoms with Crippen molar-refractivity contribution in [1.29, 1.82) is 0 Å². The molecule has 0 fully saturated rings. The second-order valence-electron chi connectivity index (χ2n) is 8.14. The number of hydrogen-bond acceptors (Lipinski definition) is 6. The highest BCUT2D eigenvalue weighted by Gasteiger charge is 2.21. The quantitative estimate of drug-likeness (QED) is 0.194. The van der Waals surface area contributed by atoms with Crippen molar-refractivity contribution in [3.63, 3.8) is 0 Å². The van der Waals surface area contributed by atoms with Gasteiger partial charge in [0.05, 0.1) is 24.0 Å². The molecular weight excluding hydrogens is 562 g/mol. The normalized spacial score (nSPS) is 12.4. The Hall–Kier alpha value is -2.27. The minimum absolute atomic E-state index is 0.174. The molecule has 0 N–H and O–H groups in total. The summed E-state index contributed by atoms with van der Waals surface area (Å²) >= 11 is 8.99. The van der Waals surface area contributed by atoms with Crippen LogP contribution in [-0.2, 0) is 0 Å². The first-order chi connectivity index (χ1) is 17.0. The van der Waals surface area contributed by atoms with Crippen molar-refractivity contribution in [2.45, 2.75) is 0 Å². The number of thiophene rings is 6. The van der Waals surface area contributed by atoms with Gasteiger partial charge >= 0.3 is 0 Å². The van der Waals surface area contributed by atoms with Gasteiger partial charge < -0.3 is 0 Å². The highest BCUT2D eigenvalue weighted by Crippen LogP contribution is 2.50. The van der Waals surface area contributed by atoms with Crippen molar-refractivity contribution in [2.24, 2.45) is 0 Å². The van der Waals surface area contributed by atoms with Crippen LogP contribution in [0.5, 0.6) is 0 Å². The molecule has 0 bridgehead atoms. The summed E-state index contributed by atoms with van der Waals surface area (Å²) in [6.07, 6.45) is 0. The lowest BCUT2D eigenvalue weighted by atomic mass is 10.1. The fraction of sp³-hybridized carbons (Fsp3) is 0. The highest BCUT2D eigenvalue weighted by atomic mass is 32.1. The number of hydrogen-bond donors (Lipinski definition) is 0. The van der Waals surface area contributed by atoms with Gasteiger partial charge in [-0.2, -0.15) is 0 Å². The third-order valence-electron chi connectivity index (χ3n) is 6.13. The molecular formula is C26H9F3S6. The maximum Gasteiger partial charge on any atom is 0.150 e. The molecule has 35 heavy (non-hydrogen) atoms. The Bertz CT molecular complexity index is 2110. The fourth-order valence-electron chi connectivity index (χ4n) is 4.54. The summed E-state index contributed by atoms with van der Waals surface area (Å²) in [5, 5.41) is 7.31. The second kappa shape index (κ2) is 7.38. The van der Waals surface area contributed by atoms with Crippen molar-refractivity contribution in [3.05, 3.63) is 70.7 Å². The third kappa shape index (κ3) is 2.94. The summed E-state index contributed by atoms with van der Waals surface area (Å²) in [5.41, 5.74) is 0. The van der Waals surface area contributed by atoms with Crippen LogP contribution in [0, 0.1) is 17.5 Å². The van der Waals surface area contributed by atoms with Gasteiger partial charge in [-0.3, -0.25) is 0 Å². The molecule has 0 saturated heterocycles. The Balaban J connectivity index is 1.35. The number of fused-ring (bicyclic) bond motifs is 7. The van der Waals surface area contributed by atoms with Crippen LogP contribution < -0.4 is 0 Å². The molecule has 0 radical (unpaired) electrons. The standard InChI is InChI=1S/C26H9F3S6/c27-14-1-3-30-24(14)20-6-10-5-12-18(8-16(10)32-20)33-23-13-7-11-17(9-19(13)34-22(12)23)35-26(21(11)29)25-15(28)2-4-31-25/h1-9H. The van der Waals surface area contributed by atoms with Crippen molar-refractivity contribution in [3.8, 4) is 19.5 Å². The minimum Gasteiger partial charge on any atom is -0.205 e. The van der Waals surface area contributed by atoms with Crippen LogP contribution in [0.25, 0.3) is 69.3 Å². The van der Waals surface area contributed by atoms with E-state index in [0.717, 1.165) is 34.4 Å². The van der Waals surface area contributed by atoms with Gasteiger partial charge in [0.2, 0.25) is 0 Å². The van der Waals surface area contributed by atoms with Gasteiger partial charge in [-0.1, -0.05) is 0 Å². The number of halogens is 3. The lowest BCUT2D eigenvalue weighted by Crippen LogP contribution is -1.76. The molecule has 0 nitrogen and oxygen atoms in total. The largest absolute Gasteiger partial charge is 0.205 e. The molecule has 0 saturated carbocycles. The monoisotopic (exact) mass is 570 g/mol. The summed E-state index contributed by atoms with van der Waals surface area (Å²) < 4.78 is 50.2. The molecule has 8 rings (SSSR count). The Morgan fingerprint density at radius 2 is 1.14 bits per heavy atom. The lowest BCUT2D eigenvalue weighted by molar-refractivity contribution is 0.628. The summed E-state index contributed by atoms with van der Waals surface area (Å²) in [6.45, 7) is 0. The number of benzene rings is 2. The van der Waals surface area contributed by atoms with Crippen LogP contribution in [0.1, 0.15) is 0 Å². The molecule has 0 aliphatic heterocycles. The summed E-state index contributed by atoms with van der Waals surface area (Å²) in [6, 6.07) is 13.3. The van der Waals surface area contributed by atoms with Gasteiger partial charge in [0.25, 0.3) is 0 Å². The first-order valence-corrected chi connectivity index (χ1v) is 15.5. The van der Waals surface area contributed by atoms with Gasteiger partial charge in [0.1, 0.15) is 11.6 Å². The molecule has 8 aromatic rings. The first kappa shape index (κ1) is 20.9. The minimum atomic E-state index is -0.376. The van der Waals surface area contributed by atoms with Crippen molar-refractivity contribution in [2.75, 3.05) is 0 Å². The molecule has 170 valence electrons. The van der Waals surface area contributed by atoms with E-state index in [2.05, 4.69) is 18.2 Å².